The first-order chi connectivity index (χ1) is 9.56. The lowest BCUT2D eigenvalue weighted by Gasteiger charge is -2.30. The molecule has 1 amide bonds. The van der Waals surface area contributed by atoms with E-state index in [0.29, 0.717) is 17.5 Å². The molecule has 2 rings (SSSR count). The van der Waals surface area contributed by atoms with E-state index < -0.39 is 0 Å². The number of pyridine rings is 1. The van der Waals surface area contributed by atoms with E-state index in [4.69, 9.17) is 0 Å². The summed E-state index contributed by atoms with van der Waals surface area (Å²) in [7, 11) is 0. The molecule has 1 aliphatic heterocycles. The van der Waals surface area contributed by atoms with Gasteiger partial charge in [0.1, 0.15) is 5.69 Å². The maximum Gasteiger partial charge on any atom is 0.272 e. The maximum absolute atomic E-state index is 12.5. The van der Waals surface area contributed by atoms with Crippen molar-refractivity contribution in [2.24, 2.45) is 11.8 Å². The molecule has 1 fully saturated rings. The summed E-state index contributed by atoms with van der Waals surface area (Å²) in [5, 5.41) is 3.34. The van der Waals surface area contributed by atoms with Gasteiger partial charge in [-0.3, -0.25) is 9.78 Å². The van der Waals surface area contributed by atoms with Gasteiger partial charge in [-0.05, 0) is 36.8 Å². The molecule has 1 aromatic heterocycles. The van der Waals surface area contributed by atoms with Gasteiger partial charge in [-0.15, -0.1) is 0 Å². The standard InChI is InChI=1S/C16H25N3O/c1-12(2)10-18-14-6-7-17-15(9-14)16(20)19-8-4-5-13(3)11-19/h6-7,9,12-13H,4-5,8,10-11H2,1-3H3,(H,17,18). The SMILES string of the molecule is CC(C)CNc1ccnc(C(=O)N2CCCC(C)C2)c1. The summed E-state index contributed by atoms with van der Waals surface area (Å²) >= 11 is 0. The summed E-state index contributed by atoms with van der Waals surface area (Å²) < 4.78 is 0. The Labute approximate surface area is 121 Å². The number of aromatic nitrogens is 1. The van der Waals surface area contributed by atoms with Crippen LogP contribution in [0.1, 0.15) is 44.1 Å². The highest BCUT2D eigenvalue weighted by molar-refractivity contribution is 5.93. The number of nitrogens with one attached hydrogen (secondary N) is 1. The van der Waals surface area contributed by atoms with Crippen molar-refractivity contribution in [2.45, 2.75) is 33.6 Å². The third kappa shape index (κ3) is 3.95. The van der Waals surface area contributed by atoms with Crippen LogP contribution in [0.5, 0.6) is 0 Å². The van der Waals surface area contributed by atoms with Crippen molar-refractivity contribution < 1.29 is 4.79 Å². The molecule has 0 spiro atoms. The van der Waals surface area contributed by atoms with E-state index in [9.17, 15) is 4.79 Å². The molecule has 2 heterocycles. The maximum atomic E-state index is 12.5. The highest BCUT2D eigenvalue weighted by atomic mass is 16.2. The zero-order chi connectivity index (χ0) is 14.5. The van der Waals surface area contributed by atoms with Crippen LogP contribution in [0.3, 0.4) is 0 Å². The number of hydrogen-bond acceptors (Lipinski definition) is 3. The second kappa shape index (κ2) is 6.73. The molecule has 0 bridgehead atoms. The summed E-state index contributed by atoms with van der Waals surface area (Å²) in [5.41, 5.74) is 1.52. The number of rotatable bonds is 4. The van der Waals surface area contributed by atoms with Crippen LogP contribution in [-0.4, -0.2) is 35.4 Å². The molecule has 4 nitrogen and oxygen atoms in total. The van der Waals surface area contributed by atoms with Gasteiger partial charge < -0.3 is 10.2 Å². The van der Waals surface area contributed by atoms with Gasteiger partial charge in [-0.2, -0.15) is 0 Å². The van der Waals surface area contributed by atoms with Crippen molar-refractivity contribution in [1.29, 1.82) is 0 Å². The molecule has 0 radical (unpaired) electrons. The lowest BCUT2D eigenvalue weighted by Crippen LogP contribution is -2.39. The van der Waals surface area contributed by atoms with Crippen LogP contribution in [0, 0.1) is 11.8 Å². The first kappa shape index (κ1) is 14.8. The summed E-state index contributed by atoms with van der Waals surface area (Å²) in [6, 6.07) is 3.78. The Hall–Kier alpha value is -1.58. The number of carbonyl (C=O) groups excluding carboxylic acids is 1. The van der Waals surface area contributed by atoms with Gasteiger partial charge in [-0.1, -0.05) is 20.8 Å². The largest absolute Gasteiger partial charge is 0.385 e. The van der Waals surface area contributed by atoms with Gasteiger partial charge >= 0.3 is 0 Å². The molecular weight excluding hydrogens is 250 g/mol. The van der Waals surface area contributed by atoms with Crippen molar-refractivity contribution >= 4 is 11.6 Å². The molecule has 0 saturated carbocycles. The topological polar surface area (TPSA) is 45.2 Å². The fourth-order valence-electron chi connectivity index (χ4n) is 2.52. The van der Waals surface area contributed by atoms with Crippen molar-refractivity contribution in [1.82, 2.24) is 9.88 Å². The average Bonchev–Trinajstić information content (AvgIpc) is 2.44. The molecule has 20 heavy (non-hydrogen) atoms. The number of anilines is 1. The predicted octanol–water partition coefficient (Wildman–Crippen LogP) is 3.02. The molecule has 110 valence electrons. The van der Waals surface area contributed by atoms with Crippen molar-refractivity contribution in [2.75, 3.05) is 25.0 Å². The van der Waals surface area contributed by atoms with Crippen LogP contribution in [-0.2, 0) is 0 Å². The lowest BCUT2D eigenvalue weighted by molar-refractivity contribution is 0.0677. The zero-order valence-corrected chi connectivity index (χ0v) is 12.7. The van der Waals surface area contributed by atoms with Crippen molar-refractivity contribution in [3.63, 3.8) is 0 Å². The van der Waals surface area contributed by atoms with Crippen LogP contribution in [0.15, 0.2) is 18.3 Å². The second-order valence-electron chi connectivity index (χ2n) is 6.20. The molecule has 1 atom stereocenters. The Kier molecular flexibility index (Phi) is 4.99. The van der Waals surface area contributed by atoms with Gasteiger partial charge in [0.15, 0.2) is 0 Å². The van der Waals surface area contributed by atoms with E-state index in [1.165, 1.54) is 6.42 Å². The molecule has 1 unspecified atom stereocenters. The number of likely N-dealkylation sites (tertiary alicyclic amines) is 1. The van der Waals surface area contributed by atoms with Gasteiger partial charge in [0.2, 0.25) is 0 Å². The Morgan fingerprint density at radius 1 is 1.55 bits per heavy atom. The van der Waals surface area contributed by atoms with Gasteiger partial charge in [-0.25, -0.2) is 0 Å². The van der Waals surface area contributed by atoms with Crippen molar-refractivity contribution in [3.05, 3.63) is 24.0 Å². The fraction of sp³-hybridized carbons (Fsp3) is 0.625. The fourth-order valence-corrected chi connectivity index (χ4v) is 2.52. The number of carbonyl (C=O) groups is 1. The van der Waals surface area contributed by atoms with E-state index in [1.54, 1.807) is 6.20 Å². The molecule has 1 aromatic rings. The number of hydrogen-bond donors (Lipinski definition) is 1. The van der Waals surface area contributed by atoms with E-state index in [-0.39, 0.29) is 5.91 Å². The highest BCUT2D eigenvalue weighted by Gasteiger charge is 2.22. The summed E-state index contributed by atoms with van der Waals surface area (Å²) in [4.78, 5) is 18.6. The third-order valence-electron chi connectivity index (χ3n) is 3.64. The molecular formula is C16H25N3O. The Balaban J connectivity index is 2.04. The minimum absolute atomic E-state index is 0.0600. The minimum Gasteiger partial charge on any atom is -0.385 e. The molecule has 1 N–H and O–H groups in total. The minimum atomic E-state index is 0.0600. The van der Waals surface area contributed by atoms with Crippen LogP contribution in [0.25, 0.3) is 0 Å². The predicted molar refractivity (Wildman–Crippen MR) is 81.9 cm³/mol. The van der Waals surface area contributed by atoms with Crippen LogP contribution in [0.2, 0.25) is 0 Å². The summed E-state index contributed by atoms with van der Waals surface area (Å²) in [6.45, 7) is 9.13. The van der Waals surface area contributed by atoms with E-state index in [2.05, 4.69) is 31.1 Å². The molecule has 1 aliphatic rings. The quantitative estimate of drug-likeness (QED) is 0.918. The smallest absolute Gasteiger partial charge is 0.272 e. The van der Waals surface area contributed by atoms with Crippen LogP contribution < -0.4 is 5.32 Å². The molecule has 0 aliphatic carbocycles. The van der Waals surface area contributed by atoms with Crippen molar-refractivity contribution in [3.8, 4) is 0 Å². The van der Waals surface area contributed by atoms with Gasteiger partial charge in [0.05, 0.1) is 0 Å². The van der Waals surface area contributed by atoms with Gasteiger partial charge in [0, 0.05) is 31.5 Å². The van der Waals surface area contributed by atoms with E-state index >= 15 is 0 Å². The zero-order valence-electron chi connectivity index (χ0n) is 12.7. The molecule has 0 aromatic carbocycles. The number of piperidine rings is 1. The highest BCUT2D eigenvalue weighted by Crippen LogP contribution is 2.18. The normalized spacial score (nSPS) is 19.2. The Bertz CT molecular complexity index is 459. The lowest BCUT2D eigenvalue weighted by atomic mass is 10.00. The van der Waals surface area contributed by atoms with E-state index in [1.807, 2.05) is 17.0 Å². The van der Waals surface area contributed by atoms with Gasteiger partial charge in [0.25, 0.3) is 5.91 Å². The first-order valence-electron chi connectivity index (χ1n) is 7.55. The average molecular weight is 275 g/mol. The Morgan fingerprint density at radius 2 is 2.35 bits per heavy atom. The monoisotopic (exact) mass is 275 g/mol. The second-order valence-corrected chi connectivity index (χ2v) is 6.20. The molecule has 1 saturated heterocycles. The number of amides is 1. The molecule has 4 heteroatoms. The van der Waals surface area contributed by atoms with Crippen LogP contribution >= 0.6 is 0 Å². The number of nitrogens with zero attached hydrogens (tertiary/aromatic N) is 2. The first-order valence-corrected chi connectivity index (χ1v) is 7.55. The third-order valence-corrected chi connectivity index (χ3v) is 3.64. The van der Waals surface area contributed by atoms with Crippen LogP contribution in [0.4, 0.5) is 5.69 Å². The summed E-state index contributed by atoms with van der Waals surface area (Å²) in [5.74, 6) is 1.23. The summed E-state index contributed by atoms with van der Waals surface area (Å²) in [6.07, 6.45) is 4.02. The Morgan fingerprint density at radius 3 is 3.05 bits per heavy atom. The van der Waals surface area contributed by atoms with E-state index in [0.717, 1.165) is 31.7 Å².